The van der Waals surface area contributed by atoms with Crippen molar-refractivity contribution < 1.29 is 26.8 Å². The molecule has 0 aliphatic carbocycles. The van der Waals surface area contributed by atoms with Gasteiger partial charge >= 0.3 is 5.91 Å². The van der Waals surface area contributed by atoms with Crippen molar-refractivity contribution in [1.29, 1.82) is 0 Å². The molecule has 1 amide bonds. The van der Waals surface area contributed by atoms with Crippen LogP contribution in [0.15, 0.2) is 0 Å². The zero-order chi connectivity index (χ0) is 19.7. The van der Waals surface area contributed by atoms with Gasteiger partial charge in [0, 0.05) is 6.42 Å². The van der Waals surface area contributed by atoms with Gasteiger partial charge in [0.15, 0.2) is 6.23 Å². The van der Waals surface area contributed by atoms with E-state index < -0.39 is 6.23 Å². The molecule has 0 aliphatic heterocycles. The van der Waals surface area contributed by atoms with Crippen LogP contribution >= 0.6 is 0 Å². The molecule has 0 saturated heterocycles. The second kappa shape index (κ2) is 19.2. The van der Waals surface area contributed by atoms with E-state index in [9.17, 15) is 9.90 Å². The Morgan fingerprint density at radius 1 is 0.704 bits per heavy atom. The standard InChI is InChI=1S/C23H48NO2.ClH/c1-5-7-8-9-10-11-12-13-14-15-16-17-18-19-20-21-23(26)24(3,4)22(25)6-2;/h22,25H,5-21H2,1-4H3;1H/q+1;/p-1. The van der Waals surface area contributed by atoms with E-state index >= 15 is 0 Å². The predicted molar refractivity (Wildman–Crippen MR) is 113 cm³/mol. The van der Waals surface area contributed by atoms with E-state index in [1.165, 1.54) is 83.5 Å². The van der Waals surface area contributed by atoms with E-state index in [-0.39, 0.29) is 22.8 Å². The Labute approximate surface area is 176 Å². The van der Waals surface area contributed by atoms with E-state index in [1.807, 2.05) is 21.0 Å². The molecule has 3 nitrogen and oxygen atoms in total. The van der Waals surface area contributed by atoms with Gasteiger partial charge in [-0.3, -0.25) is 0 Å². The van der Waals surface area contributed by atoms with Crippen LogP contribution in [0.5, 0.6) is 0 Å². The molecule has 0 heterocycles. The van der Waals surface area contributed by atoms with Crippen molar-refractivity contribution >= 4 is 5.91 Å². The van der Waals surface area contributed by atoms with E-state index in [4.69, 9.17) is 0 Å². The van der Waals surface area contributed by atoms with Crippen LogP contribution in [0.1, 0.15) is 123 Å². The van der Waals surface area contributed by atoms with Crippen molar-refractivity contribution in [3.63, 3.8) is 0 Å². The SMILES string of the molecule is CCCCCCCCCCCCCCCCCC(=O)[N+](C)(C)C(O)CC.[Cl-]. The van der Waals surface area contributed by atoms with E-state index in [0.717, 1.165) is 12.8 Å². The first kappa shape index (κ1) is 29.1. The summed E-state index contributed by atoms with van der Waals surface area (Å²) in [5.41, 5.74) is 0. The number of carbonyl (C=O) groups is 1. The summed E-state index contributed by atoms with van der Waals surface area (Å²) in [6.45, 7) is 4.20. The average Bonchev–Trinajstić information content (AvgIpc) is 2.63. The van der Waals surface area contributed by atoms with Crippen LogP contribution in [0.4, 0.5) is 0 Å². The van der Waals surface area contributed by atoms with Crippen molar-refractivity contribution in [2.45, 2.75) is 129 Å². The van der Waals surface area contributed by atoms with Crippen LogP contribution in [0.25, 0.3) is 0 Å². The fourth-order valence-electron chi connectivity index (χ4n) is 3.56. The molecule has 0 saturated carbocycles. The molecule has 0 aromatic heterocycles. The van der Waals surface area contributed by atoms with Crippen molar-refractivity contribution in [3.05, 3.63) is 0 Å². The van der Waals surface area contributed by atoms with Gasteiger partial charge in [-0.2, -0.15) is 0 Å². The molecule has 0 bridgehead atoms. The number of halogens is 1. The first-order valence-corrected chi connectivity index (χ1v) is 11.5. The normalized spacial score (nSPS) is 12.6. The van der Waals surface area contributed by atoms with Gasteiger partial charge in [0.2, 0.25) is 0 Å². The van der Waals surface area contributed by atoms with Gasteiger partial charge in [-0.25, -0.2) is 9.28 Å². The predicted octanol–water partition coefficient (Wildman–Crippen LogP) is 3.58. The lowest BCUT2D eigenvalue weighted by Gasteiger charge is -2.31. The number of aliphatic hydroxyl groups is 1. The number of aliphatic hydroxyl groups excluding tert-OH is 1. The first-order chi connectivity index (χ1) is 12.5. The average molecular weight is 406 g/mol. The number of amides is 1. The third-order valence-electron chi connectivity index (χ3n) is 5.75. The Bertz CT molecular complexity index is 334. The summed E-state index contributed by atoms with van der Waals surface area (Å²) in [7, 11) is 3.64. The van der Waals surface area contributed by atoms with Gasteiger partial charge in [-0.15, -0.1) is 0 Å². The zero-order valence-electron chi connectivity index (χ0n) is 18.8. The second-order valence-corrected chi connectivity index (χ2v) is 8.52. The maximum atomic E-state index is 12.2. The maximum absolute atomic E-state index is 12.2. The molecular weight excluding hydrogens is 358 g/mol. The van der Waals surface area contributed by atoms with E-state index in [0.29, 0.717) is 12.8 Å². The number of quaternary nitrogens is 1. The van der Waals surface area contributed by atoms with Crippen molar-refractivity contribution in [1.82, 2.24) is 0 Å². The lowest BCUT2D eigenvalue weighted by Crippen LogP contribution is -3.00. The number of hydrogen-bond acceptors (Lipinski definition) is 2. The minimum absolute atomic E-state index is 0. The van der Waals surface area contributed by atoms with Crippen LogP contribution < -0.4 is 12.4 Å². The summed E-state index contributed by atoms with van der Waals surface area (Å²) < 4.78 is 0.106. The Morgan fingerprint density at radius 3 is 1.37 bits per heavy atom. The van der Waals surface area contributed by atoms with Crippen molar-refractivity contribution in [2.75, 3.05) is 14.1 Å². The van der Waals surface area contributed by atoms with Crippen LogP contribution in [-0.4, -0.2) is 35.8 Å². The van der Waals surface area contributed by atoms with Gasteiger partial charge in [0.25, 0.3) is 0 Å². The lowest BCUT2D eigenvalue weighted by atomic mass is 10.0. The molecule has 0 rings (SSSR count). The molecule has 0 spiro atoms. The molecule has 0 aliphatic rings. The summed E-state index contributed by atoms with van der Waals surface area (Å²) in [6, 6.07) is 0. The van der Waals surface area contributed by atoms with E-state index in [1.54, 1.807) is 0 Å². The smallest absolute Gasteiger partial charge is 0.315 e. The van der Waals surface area contributed by atoms with Crippen LogP contribution in [0.3, 0.4) is 0 Å². The molecule has 1 atom stereocenters. The van der Waals surface area contributed by atoms with Crippen molar-refractivity contribution in [2.24, 2.45) is 0 Å². The molecular formula is C23H48ClNO2. The highest BCUT2D eigenvalue weighted by Crippen LogP contribution is 2.16. The highest BCUT2D eigenvalue weighted by molar-refractivity contribution is 5.68. The largest absolute Gasteiger partial charge is 1.00 e. The zero-order valence-corrected chi connectivity index (χ0v) is 19.5. The van der Waals surface area contributed by atoms with Gasteiger partial charge in [0.05, 0.1) is 20.5 Å². The fraction of sp³-hybridized carbons (Fsp3) is 0.957. The molecule has 27 heavy (non-hydrogen) atoms. The molecule has 1 N–H and O–H groups in total. The highest BCUT2D eigenvalue weighted by atomic mass is 35.5. The highest BCUT2D eigenvalue weighted by Gasteiger charge is 2.32. The molecule has 4 heteroatoms. The third-order valence-corrected chi connectivity index (χ3v) is 5.75. The molecule has 0 fully saturated rings. The topological polar surface area (TPSA) is 37.3 Å². The molecule has 0 aromatic carbocycles. The summed E-state index contributed by atoms with van der Waals surface area (Å²) in [4.78, 5) is 12.2. The minimum atomic E-state index is -0.571. The molecule has 164 valence electrons. The fourth-order valence-corrected chi connectivity index (χ4v) is 3.56. The Kier molecular flexibility index (Phi) is 20.7. The van der Waals surface area contributed by atoms with Gasteiger partial charge in [-0.1, -0.05) is 104 Å². The van der Waals surface area contributed by atoms with Gasteiger partial charge < -0.3 is 17.5 Å². The Morgan fingerprint density at radius 2 is 1.04 bits per heavy atom. The molecule has 0 radical (unpaired) electrons. The summed E-state index contributed by atoms with van der Waals surface area (Å²) >= 11 is 0. The lowest BCUT2D eigenvalue weighted by molar-refractivity contribution is -0.866. The third kappa shape index (κ3) is 15.5. The van der Waals surface area contributed by atoms with Crippen molar-refractivity contribution in [3.8, 4) is 0 Å². The first-order valence-electron chi connectivity index (χ1n) is 11.5. The molecule has 0 aromatic rings. The maximum Gasteiger partial charge on any atom is 0.315 e. The van der Waals surface area contributed by atoms with E-state index in [2.05, 4.69) is 6.92 Å². The van der Waals surface area contributed by atoms with Gasteiger partial charge in [-0.05, 0) is 6.42 Å². The Hall–Kier alpha value is -0.120. The number of carbonyl (C=O) groups excluding carboxylic acids is 1. The second-order valence-electron chi connectivity index (χ2n) is 8.52. The van der Waals surface area contributed by atoms with Gasteiger partial charge in [0.1, 0.15) is 0 Å². The minimum Gasteiger partial charge on any atom is -1.00 e. The van der Waals surface area contributed by atoms with Crippen LogP contribution in [0.2, 0.25) is 0 Å². The quantitative estimate of drug-likeness (QED) is 0.215. The number of unbranched alkanes of at least 4 members (excludes halogenated alkanes) is 14. The number of hydrogen-bond donors (Lipinski definition) is 1. The summed E-state index contributed by atoms with van der Waals surface area (Å²) in [5.74, 6) is 0.161. The Balaban J connectivity index is 0. The summed E-state index contributed by atoms with van der Waals surface area (Å²) in [6.07, 6.45) is 20.7. The number of nitrogens with zero attached hydrogens (tertiary/aromatic N) is 1. The van der Waals surface area contributed by atoms with Crippen LogP contribution in [-0.2, 0) is 4.79 Å². The van der Waals surface area contributed by atoms with Crippen LogP contribution in [0, 0.1) is 0 Å². The monoisotopic (exact) mass is 405 g/mol. The summed E-state index contributed by atoms with van der Waals surface area (Å²) in [5, 5.41) is 9.93. The molecule has 1 unspecified atom stereocenters. The number of rotatable bonds is 18.